The second-order valence-corrected chi connectivity index (χ2v) is 5.00. The van der Waals surface area contributed by atoms with E-state index in [0.717, 1.165) is 31.0 Å². The fraction of sp³-hybridized carbons (Fsp3) is 0.615. The third-order valence-electron chi connectivity index (χ3n) is 3.54. The van der Waals surface area contributed by atoms with Crippen molar-refractivity contribution < 1.29 is 0 Å². The monoisotopic (exact) mass is 275 g/mol. The lowest BCUT2D eigenvalue weighted by Crippen LogP contribution is -2.26. The summed E-state index contributed by atoms with van der Waals surface area (Å²) in [6.07, 6.45) is 4.30. The van der Waals surface area contributed by atoms with Gasteiger partial charge < -0.3 is 20.5 Å². The molecule has 108 valence electrons. The van der Waals surface area contributed by atoms with E-state index in [0.29, 0.717) is 11.6 Å². The number of nitrogens with zero attached hydrogens (tertiary/aromatic N) is 4. The molecule has 0 radical (unpaired) electrons. The van der Waals surface area contributed by atoms with Crippen LogP contribution in [0.25, 0.3) is 11.2 Å². The second-order valence-electron chi connectivity index (χ2n) is 5.00. The van der Waals surface area contributed by atoms with E-state index < -0.39 is 0 Å². The van der Waals surface area contributed by atoms with Crippen molar-refractivity contribution in [2.75, 3.05) is 43.4 Å². The van der Waals surface area contributed by atoms with Crippen LogP contribution in [0.15, 0.2) is 6.33 Å². The number of fused-ring (bicyclic) bond motifs is 1. The third-order valence-corrected chi connectivity index (χ3v) is 3.54. The van der Waals surface area contributed by atoms with Crippen LogP contribution >= 0.6 is 0 Å². The second kappa shape index (κ2) is 6.04. The van der Waals surface area contributed by atoms with E-state index in [1.807, 2.05) is 6.92 Å². The van der Waals surface area contributed by atoms with Crippen LogP contribution in [0.1, 0.15) is 19.8 Å². The molecule has 20 heavy (non-hydrogen) atoms. The lowest BCUT2D eigenvalue weighted by Gasteiger charge is -2.15. The summed E-state index contributed by atoms with van der Waals surface area (Å²) in [4.78, 5) is 18.6. The van der Waals surface area contributed by atoms with Crippen LogP contribution in [-0.4, -0.2) is 57.6 Å². The molecule has 3 rings (SSSR count). The lowest BCUT2D eigenvalue weighted by atomic mass is 10.4. The van der Waals surface area contributed by atoms with Gasteiger partial charge in [-0.15, -0.1) is 0 Å². The van der Waals surface area contributed by atoms with E-state index in [4.69, 9.17) is 0 Å². The van der Waals surface area contributed by atoms with Crippen LogP contribution in [0.4, 0.5) is 11.8 Å². The fourth-order valence-electron chi connectivity index (χ4n) is 2.54. The largest absolute Gasteiger partial charge is 0.367 e. The number of nitrogens with one attached hydrogen (secondary N) is 3. The van der Waals surface area contributed by atoms with E-state index in [9.17, 15) is 0 Å². The van der Waals surface area contributed by atoms with Gasteiger partial charge in [-0.25, -0.2) is 4.98 Å². The van der Waals surface area contributed by atoms with Crippen LogP contribution < -0.4 is 10.6 Å². The van der Waals surface area contributed by atoms with Crippen LogP contribution in [0.5, 0.6) is 0 Å². The number of aromatic nitrogens is 4. The molecule has 0 aromatic carbocycles. The van der Waals surface area contributed by atoms with Gasteiger partial charge >= 0.3 is 0 Å². The van der Waals surface area contributed by atoms with Crippen molar-refractivity contribution in [1.82, 2.24) is 24.8 Å². The van der Waals surface area contributed by atoms with Crippen LogP contribution in [0, 0.1) is 0 Å². The maximum atomic E-state index is 4.50. The van der Waals surface area contributed by atoms with Gasteiger partial charge in [-0.05, 0) is 32.9 Å². The van der Waals surface area contributed by atoms with Crippen LogP contribution in [0.2, 0.25) is 0 Å². The molecule has 3 N–H and O–H groups in total. The number of imidazole rings is 1. The molecule has 0 unspecified atom stereocenters. The first kappa shape index (κ1) is 13.1. The van der Waals surface area contributed by atoms with Gasteiger partial charge in [-0.2, -0.15) is 9.97 Å². The Bertz CT molecular complexity index is 559. The summed E-state index contributed by atoms with van der Waals surface area (Å²) >= 11 is 0. The maximum Gasteiger partial charge on any atom is 0.226 e. The first-order valence-corrected chi connectivity index (χ1v) is 7.28. The zero-order valence-electron chi connectivity index (χ0n) is 11.8. The number of rotatable bonds is 6. The minimum Gasteiger partial charge on any atom is -0.367 e. The summed E-state index contributed by atoms with van der Waals surface area (Å²) in [5.74, 6) is 1.44. The SMILES string of the molecule is CCNc1nc(NCCN2CCCC2)c2[nH]cnc2n1. The molecule has 7 nitrogen and oxygen atoms in total. The van der Waals surface area contributed by atoms with E-state index in [1.54, 1.807) is 6.33 Å². The molecule has 0 spiro atoms. The van der Waals surface area contributed by atoms with Crippen molar-refractivity contribution in [2.45, 2.75) is 19.8 Å². The van der Waals surface area contributed by atoms with Crippen molar-refractivity contribution in [2.24, 2.45) is 0 Å². The van der Waals surface area contributed by atoms with E-state index in [2.05, 4.69) is 35.5 Å². The number of H-pyrrole nitrogens is 1. The Kier molecular flexibility index (Phi) is 3.96. The molecular formula is C13H21N7. The van der Waals surface area contributed by atoms with Crippen molar-refractivity contribution in [3.8, 4) is 0 Å². The highest BCUT2D eigenvalue weighted by atomic mass is 15.2. The summed E-state index contributed by atoms with van der Waals surface area (Å²) < 4.78 is 0. The molecule has 7 heteroatoms. The molecule has 0 saturated carbocycles. The highest BCUT2D eigenvalue weighted by Gasteiger charge is 2.12. The zero-order valence-corrected chi connectivity index (χ0v) is 11.8. The minimum absolute atomic E-state index is 0.621. The Morgan fingerprint density at radius 2 is 2.10 bits per heavy atom. The van der Waals surface area contributed by atoms with Gasteiger partial charge in [0.15, 0.2) is 11.5 Å². The summed E-state index contributed by atoms with van der Waals surface area (Å²) in [5.41, 5.74) is 1.56. The number of hydrogen-bond acceptors (Lipinski definition) is 6. The summed E-state index contributed by atoms with van der Waals surface area (Å²) in [5, 5.41) is 6.53. The molecule has 2 aromatic heterocycles. The van der Waals surface area contributed by atoms with Crippen molar-refractivity contribution >= 4 is 22.9 Å². The Labute approximate surface area is 118 Å². The molecule has 1 saturated heterocycles. The highest BCUT2D eigenvalue weighted by molar-refractivity contribution is 5.83. The molecule has 0 amide bonds. The summed E-state index contributed by atoms with van der Waals surface area (Å²) in [6, 6.07) is 0. The Morgan fingerprint density at radius 3 is 2.90 bits per heavy atom. The van der Waals surface area contributed by atoms with Gasteiger partial charge in [0.2, 0.25) is 5.95 Å². The smallest absolute Gasteiger partial charge is 0.226 e. The van der Waals surface area contributed by atoms with Gasteiger partial charge in [0, 0.05) is 19.6 Å². The van der Waals surface area contributed by atoms with Gasteiger partial charge in [-0.1, -0.05) is 0 Å². The van der Waals surface area contributed by atoms with Gasteiger partial charge in [0.25, 0.3) is 0 Å². The average Bonchev–Trinajstić information content (AvgIpc) is 3.09. The van der Waals surface area contributed by atoms with Gasteiger partial charge in [0.05, 0.1) is 6.33 Å². The first-order chi connectivity index (χ1) is 9.86. The first-order valence-electron chi connectivity index (χ1n) is 7.28. The van der Waals surface area contributed by atoms with Crippen molar-refractivity contribution in [1.29, 1.82) is 0 Å². The van der Waals surface area contributed by atoms with Crippen LogP contribution in [-0.2, 0) is 0 Å². The molecule has 0 aliphatic carbocycles. The Morgan fingerprint density at radius 1 is 1.25 bits per heavy atom. The van der Waals surface area contributed by atoms with E-state index in [1.165, 1.54) is 25.9 Å². The molecule has 3 heterocycles. The normalized spacial score (nSPS) is 15.8. The van der Waals surface area contributed by atoms with Crippen molar-refractivity contribution in [3.63, 3.8) is 0 Å². The Balaban J connectivity index is 1.69. The van der Waals surface area contributed by atoms with E-state index in [-0.39, 0.29) is 0 Å². The summed E-state index contributed by atoms with van der Waals surface area (Å²) in [7, 11) is 0. The molecular weight excluding hydrogens is 254 g/mol. The number of anilines is 2. The molecule has 0 atom stereocenters. The summed E-state index contributed by atoms with van der Waals surface area (Å²) in [6.45, 7) is 7.19. The standard InChI is InChI=1S/C13H21N7/c1-2-14-13-18-11(10-12(19-13)17-9-16-10)15-5-8-20-6-3-4-7-20/h9H,2-8H2,1H3,(H3,14,15,16,17,18,19). The number of likely N-dealkylation sites (tertiary alicyclic amines) is 1. The number of aromatic amines is 1. The van der Waals surface area contributed by atoms with E-state index >= 15 is 0 Å². The predicted octanol–water partition coefficient (Wildman–Crippen LogP) is 1.29. The molecule has 2 aromatic rings. The topological polar surface area (TPSA) is 81.8 Å². The maximum absolute atomic E-state index is 4.50. The van der Waals surface area contributed by atoms with Crippen LogP contribution in [0.3, 0.4) is 0 Å². The quantitative estimate of drug-likeness (QED) is 0.737. The molecule has 1 aliphatic rings. The highest BCUT2D eigenvalue weighted by Crippen LogP contribution is 2.18. The predicted molar refractivity (Wildman–Crippen MR) is 80.0 cm³/mol. The molecule has 0 bridgehead atoms. The minimum atomic E-state index is 0.621. The number of hydrogen-bond donors (Lipinski definition) is 3. The average molecular weight is 275 g/mol. The lowest BCUT2D eigenvalue weighted by molar-refractivity contribution is 0.352. The third kappa shape index (κ3) is 2.82. The zero-order chi connectivity index (χ0) is 13.8. The van der Waals surface area contributed by atoms with Gasteiger partial charge in [0.1, 0.15) is 5.52 Å². The van der Waals surface area contributed by atoms with Crippen molar-refractivity contribution in [3.05, 3.63) is 6.33 Å². The Hall–Kier alpha value is -1.89. The fourth-order valence-corrected chi connectivity index (χ4v) is 2.54. The molecule has 1 fully saturated rings. The molecule has 1 aliphatic heterocycles. The van der Waals surface area contributed by atoms with Gasteiger partial charge in [-0.3, -0.25) is 0 Å².